The Labute approximate surface area is 141 Å². The molecule has 0 aromatic carbocycles. The predicted molar refractivity (Wildman–Crippen MR) is 85.6 cm³/mol. The molecular weight excluding hydrogens is 358 g/mol. The molecule has 1 aliphatic rings. The molecule has 1 unspecified atom stereocenters. The molecule has 0 radical (unpaired) electrons. The van der Waals surface area contributed by atoms with Crippen LogP contribution in [0.1, 0.15) is 24.3 Å². The summed E-state index contributed by atoms with van der Waals surface area (Å²) < 4.78 is 54.5. The topological polar surface area (TPSA) is 127 Å². The summed E-state index contributed by atoms with van der Waals surface area (Å²) in [5.74, 6) is -0.0910. The summed E-state index contributed by atoms with van der Waals surface area (Å²) in [6.45, 7) is 2.92. The predicted octanol–water partition coefficient (Wildman–Crippen LogP) is -0.395. The normalized spacial score (nSPS) is 20.2. The van der Waals surface area contributed by atoms with Crippen LogP contribution in [0.15, 0.2) is 9.42 Å². The minimum absolute atomic E-state index is 0.0230. The molecule has 1 saturated heterocycles. The molecule has 1 aliphatic heterocycles. The standard InChI is InChI=1S/C13H21N3O6S2/c1-9-13(10(2)22-15-9)24(20,21)14-6-4-12(17)16(3)11-5-7-23(18,19)8-11/h11,14H,4-8H2,1-3H3. The average molecular weight is 379 g/mol. The van der Waals surface area contributed by atoms with Crippen LogP contribution in [0.2, 0.25) is 0 Å². The molecule has 1 N–H and O–H groups in total. The molecule has 1 atom stereocenters. The second-order valence-corrected chi connectivity index (χ2v) is 9.80. The second-order valence-electron chi connectivity index (χ2n) is 5.86. The fourth-order valence-corrected chi connectivity index (χ4v) is 5.81. The molecule has 2 heterocycles. The van der Waals surface area contributed by atoms with Gasteiger partial charge in [-0.1, -0.05) is 5.16 Å². The van der Waals surface area contributed by atoms with E-state index in [-0.39, 0.29) is 52.8 Å². The minimum Gasteiger partial charge on any atom is -0.360 e. The van der Waals surface area contributed by atoms with Crippen molar-refractivity contribution in [2.45, 2.75) is 37.6 Å². The van der Waals surface area contributed by atoms with Crippen LogP contribution in [0.4, 0.5) is 0 Å². The van der Waals surface area contributed by atoms with E-state index in [1.807, 2.05) is 0 Å². The largest absolute Gasteiger partial charge is 0.360 e. The van der Waals surface area contributed by atoms with E-state index in [1.165, 1.54) is 25.8 Å². The smallest absolute Gasteiger partial charge is 0.245 e. The number of carbonyl (C=O) groups is 1. The Morgan fingerprint density at radius 1 is 1.42 bits per heavy atom. The maximum absolute atomic E-state index is 12.2. The highest BCUT2D eigenvalue weighted by Crippen LogP contribution is 2.19. The minimum atomic E-state index is -3.81. The number of aryl methyl sites for hydroxylation is 2. The van der Waals surface area contributed by atoms with E-state index in [1.54, 1.807) is 0 Å². The van der Waals surface area contributed by atoms with Gasteiger partial charge in [0.15, 0.2) is 15.6 Å². The van der Waals surface area contributed by atoms with Gasteiger partial charge < -0.3 is 9.42 Å². The highest BCUT2D eigenvalue weighted by molar-refractivity contribution is 7.91. The molecule has 0 bridgehead atoms. The summed E-state index contributed by atoms with van der Waals surface area (Å²) in [5, 5.41) is 3.59. The summed E-state index contributed by atoms with van der Waals surface area (Å²) in [4.78, 5) is 13.5. The molecule has 0 saturated carbocycles. The zero-order valence-electron chi connectivity index (χ0n) is 13.8. The van der Waals surface area contributed by atoms with Gasteiger partial charge in [-0.15, -0.1) is 0 Å². The van der Waals surface area contributed by atoms with Crippen LogP contribution >= 0.6 is 0 Å². The zero-order chi connectivity index (χ0) is 18.1. The van der Waals surface area contributed by atoms with Crippen molar-refractivity contribution in [1.82, 2.24) is 14.8 Å². The van der Waals surface area contributed by atoms with Gasteiger partial charge in [-0.2, -0.15) is 0 Å². The third-order valence-corrected chi connectivity index (χ3v) is 7.47. The summed E-state index contributed by atoms with van der Waals surface area (Å²) in [5.41, 5.74) is 0.250. The fraction of sp³-hybridized carbons (Fsp3) is 0.692. The molecule has 24 heavy (non-hydrogen) atoms. The molecule has 1 aromatic heterocycles. The van der Waals surface area contributed by atoms with E-state index in [4.69, 9.17) is 4.52 Å². The number of nitrogens with zero attached hydrogens (tertiary/aromatic N) is 2. The maximum atomic E-state index is 12.2. The fourth-order valence-electron chi connectivity index (χ4n) is 2.68. The summed E-state index contributed by atoms with van der Waals surface area (Å²) in [7, 11) is -5.35. The van der Waals surface area contributed by atoms with Crippen LogP contribution < -0.4 is 4.72 Å². The van der Waals surface area contributed by atoms with E-state index in [0.29, 0.717) is 6.42 Å². The lowest BCUT2D eigenvalue weighted by Gasteiger charge is -2.23. The number of sulfonamides is 1. The van der Waals surface area contributed by atoms with E-state index in [9.17, 15) is 21.6 Å². The number of rotatable bonds is 6. The number of amides is 1. The summed E-state index contributed by atoms with van der Waals surface area (Å²) in [6, 6.07) is -0.346. The van der Waals surface area contributed by atoms with Gasteiger partial charge in [-0.25, -0.2) is 21.6 Å². The monoisotopic (exact) mass is 379 g/mol. The average Bonchev–Trinajstić information content (AvgIpc) is 3.00. The third-order valence-electron chi connectivity index (χ3n) is 4.02. The molecule has 0 aliphatic carbocycles. The van der Waals surface area contributed by atoms with Crippen LogP contribution in [0, 0.1) is 13.8 Å². The van der Waals surface area contributed by atoms with Crippen molar-refractivity contribution in [2.75, 3.05) is 25.1 Å². The van der Waals surface area contributed by atoms with E-state index < -0.39 is 19.9 Å². The molecule has 11 heteroatoms. The first-order chi connectivity index (χ1) is 11.0. The van der Waals surface area contributed by atoms with Crippen molar-refractivity contribution in [3.8, 4) is 0 Å². The number of hydrogen-bond donors (Lipinski definition) is 1. The highest BCUT2D eigenvalue weighted by Gasteiger charge is 2.32. The van der Waals surface area contributed by atoms with Crippen LogP contribution in [0.3, 0.4) is 0 Å². The SMILES string of the molecule is Cc1noc(C)c1S(=O)(=O)NCCC(=O)N(C)C1CCS(=O)(=O)C1. The first-order valence-electron chi connectivity index (χ1n) is 7.42. The van der Waals surface area contributed by atoms with Crippen LogP contribution in [0.5, 0.6) is 0 Å². The molecular formula is C13H21N3O6S2. The third kappa shape index (κ3) is 4.14. The molecule has 0 spiro atoms. The summed E-state index contributed by atoms with van der Waals surface area (Å²) >= 11 is 0. The van der Waals surface area contributed by atoms with Crippen molar-refractivity contribution in [1.29, 1.82) is 0 Å². The molecule has 2 rings (SSSR count). The Kier molecular flexibility index (Phi) is 5.35. The number of sulfone groups is 1. The van der Waals surface area contributed by atoms with Crippen molar-refractivity contribution in [3.05, 3.63) is 11.5 Å². The quantitative estimate of drug-likeness (QED) is 0.713. The van der Waals surface area contributed by atoms with Crippen LogP contribution in [0.25, 0.3) is 0 Å². The highest BCUT2D eigenvalue weighted by atomic mass is 32.2. The summed E-state index contributed by atoms with van der Waals surface area (Å²) in [6.07, 6.45) is 0.352. The van der Waals surface area contributed by atoms with Crippen molar-refractivity contribution >= 4 is 25.8 Å². The van der Waals surface area contributed by atoms with E-state index in [0.717, 1.165) is 0 Å². The number of hydrogen-bond acceptors (Lipinski definition) is 7. The van der Waals surface area contributed by atoms with Gasteiger partial charge in [0, 0.05) is 26.1 Å². The number of aromatic nitrogens is 1. The van der Waals surface area contributed by atoms with E-state index in [2.05, 4.69) is 9.88 Å². The van der Waals surface area contributed by atoms with Gasteiger partial charge >= 0.3 is 0 Å². The Hall–Kier alpha value is -1.46. The van der Waals surface area contributed by atoms with Gasteiger partial charge in [0.05, 0.1) is 11.5 Å². The van der Waals surface area contributed by atoms with Crippen LogP contribution in [-0.4, -0.2) is 63.9 Å². The second kappa shape index (κ2) is 6.81. The number of carbonyl (C=O) groups excluding carboxylic acids is 1. The van der Waals surface area contributed by atoms with Crippen molar-refractivity contribution < 1.29 is 26.2 Å². The lowest BCUT2D eigenvalue weighted by atomic mass is 10.2. The zero-order valence-corrected chi connectivity index (χ0v) is 15.4. The van der Waals surface area contributed by atoms with Gasteiger partial charge in [0.2, 0.25) is 15.9 Å². The first-order valence-corrected chi connectivity index (χ1v) is 10.7. The lowest BCUT2D eigenvalue weighted by Crippen LogP contribution is -2.39. The maximum Gasteiger partial charge on any atom is 0.245 e. The van der Waals surface area contributed by atoms with E-state index >= 15 is 0 Å². The Bertz CT molecular complexity index is 808. The Balaban J connectivity index is 1.91. The first kappa shape index (κ1) is 18.9. The Morgan fingerprint density at radius 2 is 2.08 bits per heavy atom. The lowest BCUT2D eigenvalue weighted by molar-refractivity contribution is -0.131. The number of nitrogens with one attached hydrogen (secondary N) is 1. The van der Waals surface area contributed by atoms with Gasteiger partial charge in [0.1, 0.15) is 10.6 Å². The Morgan fingerprint density at radius 3 is 2.58 bits per heavy atom. The molecule has 1 fully saturated rings. The van der Waals surface area contributed by atoms with Gasteiger partial charge in [0.25, 0.3) is 0 Å². The van der Waals surface area contributed by atoms with Crippen LogP contribution in [-0.2, 0) is 24.7 Å². The van der Waals surface area contributed by atoms with Crippen molar-refractivity contribution in [3.63, 3.8) is 0 Å². The van der Waals surface area contributed by atoms with Gasteiger partial charge in [-0.05, 0) is 20.3 Å². The molecule has 1 amide bonds. The molecule has 9 nitrogen and oxygen atoms in total. The van der Waals surface area contributed by atoms with Gasteiger partial charge in [-0.3, -0.25) is 4.79 Å². The van der Waals surface area contributed by atoms with Crippen molar-refractivity contribution in [2.24, 2.45) is 0 Å². The molecule has 1 aromatic rings. The molecule has 136 valence electrons.